The van der Waals surface area contributed by atoms with Gasteiger partial charge in [0.15, 0.2) is 5.82 Å². The number of fused-ring (bicyclic) bond motifs is 5. The minimum atomic E-state index is -0.896. The Labute approximate surface area is 245 Å². The first kappa shape index (κ1) is 26.3. The quantitative estimate of drug-likeness (QED) is 0.308. The number of halogens is 3. The Morgan fingerprint density at radius 3 is 2.76 bits per heavy atom. The van der Waals surface area contributed by atoms with Crippen molar-refractivity contribution >= 4 is 39.3 Å². The molecule has 0 aliphatic carbocycles. The highest BCUT2D eigenvalue weighted by atomic mass is 32.2. The van der Waals surface area contributed by atoms with E-state index in [1.807, 2.05) is 11.8 Å². The van der Waals surface area contributed by atoms with Crippen molar-refractivity contribution < 1.29 is 23.0 Å². The molecule has 0 saturated carbocycles. The zero-order chi connectivity index (χ0) is 28.6. The first-order valence-electron chi connectivity index (χ1n) is 14.6. The van der Waals surface area contributed by atoms with Gasteiger partial charge in [-0.1, -0.05) is 12.1 Å². The average Bonchev–Trinajstić information content (AvgIpc) is 3.61. The molecule has 2 unspecified atom stereocenters. The van der Waals surface area contributed by atoms with Crippen molar-refractivity contribution in [1.82, 2.24) is 19.9 Å². The molecule has 4 fully saturated rings. The molecule has 7 nitrogen and oxygen atoms in total. The number of anilines is 1. The van der Waals surface area contributed by atoms with E-state index < -0.39 is 23.3 Å². The molecule has 2 aromatic carbocycles. The molecule has 2 aromatic heterocycles. The lowest BCUT2D eigenvalue weighted by Gasteiger charge is -2.33. The summed E-state index contributed by atoms with van der Waals surface area (Å²) in [6, 6.07) is 7.29. The van der Waals surface area contributed by atoms with E-state index in [1.54, 1.807) is 12.1 Å². The van der Waals surface area contributed by atoms with Crippen LogP contribution in [0.4, 0.5) is 19.0 Å². The first-order valence-corrected chi connectivity index (χ1v) is 15.5. The first-order chi connectivity index (χ1) is 20.4. The van der Waals surface area contributed by atoms with Gasteiger partial charge in [-0.3, -0.25) is 9.88 Å². The highest BCUT2D eigenvalue weighted by Gasteiger charge is 2.49. The molecular formula is C31H30F3N5O2S. The van der Waals surface area contributed by atoms with Crippen LogP contribution in [0.5, 0.6) is 11.8 Å². The van der Waals surface area contributed by atoms with Crippen LogP contribution in [0.3, 0.4) is 0 Å². The van der Waals surface area contributed by atoms with Crippen molar-refractivity contribution in [3.63, 3.8) is 0 Å². The summed E-state index contributed by atoms with van der Waals surface area (Å²) >= 11 is 2.00. The predicted octanol–water partition coefficient (Wildman–Crippen LogP) is 5.87. The van der Waals surface area contributed by atoms with Gasteiger partial charge in [0.25, 0.3) is 0 Å². The number of aromatic hydroxyl groups is 1. The molecule has 0 radical (unpaired) electrons. The number of hydrogen-bond donors (Lipinski definition) is 1. The molecule has 8 rings (SSSR count). The van der Waals surface area contributed by atoms with E-state index in [-0.39, 0.29) is 40.5 Å². The number of phenols is 1. The van der Waals surface area contributed by atoms with Crippen LogP contribution in [0.2, 0.25) is 0 Å². The number of phenolic OH excluding ortho intramolecular Hbond substituents is 1. The fourth-order valence-corrected chi connectivity index (χ4v) is 9.12. The molecule has 6 heterocycles. The maximum Gasteiger partial charge on any atom is 0.319 e. The van der Waals surface area contributed by atoms with E-state index in [4.69, 9.17) is 9.72 Å². The van der Waals surface area contributed by atoms with Gasteiger partial charge in [-0.05, 0) is 55.8 Å². The Bertz CT molecular complexity index is 1710. The number of rotatable bonds is 5. The molecule has 0 amide bonds. The van der Waals surface area contributed by atoms with Crippen molar-refractivity contribution in [2.75, 3.05) is 37.7 Å². The summed E-state index contributed by atoms with van der Waals surface area (Å²) in [5, 5.41) is 12.4. The average molecular weight is 594 g/mol. The second kappa shape index (κ2) is 9.87. The number of hydrogen-bond acceptors (Lipinski definition) is 8. The van der Waals surface area contributed by atoms with Crippen molar-refractivity contribution in [3.8, 4) is 23.0 Å². The van der Waals surface area contributed by atoms with Gasteiger partial charge in [0.1, 0.15) is 41.4 Å². The fourth-order valence-electron chi connectivity index (χ4n) is 7.50. The molecule has 4 aliphatic heterocycles. The third-order valence-electron chi connectivity index (χ3n) is 9.38. The Kier molecular flexibility index (Phi) is 6.19. The van der Waals surface area contributed by atoms with Gasteiger partial charge < -0.3 is 14.7 Å². The topological polar surface area (TPSA) is 74.6 Å². The van der Waals surface area contributed by atoms with E-state index in [0.717, 1.165) is 45.3 Å². The lowest BCUT2D eigenvalue weighted by molar-refractivity contribution is 0.107. The van der Waals surface area contributed by atoms with Crippen molar-refractivity contribution in [2.45, 2.75) is 54.3 Å². The molecule has 4 aromatic rings. The van der Waals surface area contributed by atoms with Crippen molar-refractivity contribution in [1.29, 1.82) is 0 Å². The van der Waals surface area contributed by atoms with Crippen LogP contribution in [-0.4, -0.2) is 80.0 Å². The molecule has 0 spiro atoms. The Hall–Kier alpha value is -3.31. The van der Waals surface area contributed by atoms with Crippen LogP contribution in [-0.2, 0) is 0 Å². The Morgan fingerprint density at radius 2 is 1.93 bits per heavy atom. The predicted molar refractivity (Wildman–Crippen MR) is 157 cm³/mol. The fraction of sp³-hybridized carbons (Fsp3) is 0.452. The number of thioether (sulfide) groups is 1. The molecule has 4 aliphatic rings. The second-order valence-corrected chi connectivity index (χ2v) is 13.7. The third-order valence-corrected chi connectivity index (χ3v) is 10.9. The van der Waals surface area contributed by atoms with Crippen LogP contribution >= 0.6 is 11.8 Å². The molecule has 1 N–H and O–H groups in total. The van der Waals surface area contributed by atoms with Gasteiger partial charge >= 0.3 is 6.01 Å². The molecule has 4 saturated heterocycles. The summed E-state index contributed by atoms with van der Waals surface area (Å²) in [4.78, 5) is 18.1. The SMILES string of the molecule is Oc1cc(-c2ncc3c(N4CC5CCC(C4)S5)nc(OC[C@@]45CCCN4C[C@H](F)C5)nc3c2F)c2c(F)cccc2c1. The van der Waals surface area contributed by atoms with E-state index in [9.17, 15) is 9.50 Å². The van der Waals surface area contributed by atoms with E-state index in [2.05, 4.69) is 19.8 Å². The number of benzene rings is 2. The standard InChI is InChI=1S/C31H30F3N5O2S/c32-18-11-31(7-2-8-39(31)13-18)16-41-30-36-28-23(29(37-30)38-14-20-5-6-21(15-38)42-20)12-35-27(26(28)34)22-10-19(40)9-17-3-1-4-24(33)25(17)22/h1,3-4,9-10,12,18,20-21,40H,2,5-8,11,13-16H2/t18-,20?,21?,31+/m1/s1. The summed E-state index contributed by atoms with van der Waals surface area (Å²) in [6.07, 6.45) is 5.12. The zero-order valence-electron chi connectivity index (χ0n) is 22.9. The lowest BCUT2D eigenvalue weighted by Crippen LogP contribution is -2.43. The van der Waals surface area contributed by atoms with E-state index in [1.165, 1.54) is 24.4 Å². The van der Waals surface area contributed by atoms with Gasteiger partial charge in [-0.2, -0.15) is 21.7 Å². The Balaban J connectivity index is 1.26. The summed E-state index contributed by atoms with van der Waals surface area (Å²) in [7, 11) is 0. The maximum atomic E-state index is 16.6. The minimum Gasteiger partial charge on any atom is -0.508 e. The number of ether oxygens (including phenoxy) is 1. The van der Waals surface area contributed by atoms with Gasteiger partial charge in [0.2, 0.25) is 0 Å². The molecule has 2 bridgehead atoms. The molecule has 218 valence electrons. The Morgan fingerprint density at radius 1 is 1.10 bits per heavy atom. The van der Waals surface area contributed by atoms with Crippen molar-refractivity contribution in [2.24, 2.45) is 0 Å². The van der Waals surface area contributed by atoms with Crippen molar-refractivity contribution in [3.05, 3.63) is 48.2 Å². The van der Waals surface area contributed by atoms with Gasteiger partial charge in [-0.15, -0.1) is 0 Å². The summed E-state index contributed by atoms with van der Waals surface area (Å²) < 4.78 is 52.2. The van der Waals surface area contributed by atoms with E-state index >= 15 is 8.78 Å². The second-order valence-electron chi connectivity index (χ2n) is 12.1. The minimum absolute atomic E-state index is 0.0222. The molecular weight excluding hydrogens is 563 g/mol. The number of nitrogens with zero attached hydrogens (tertiary/aromatic N) is 5. The molecule has 4 atom stereocenters. The molecule has 11 heteroatoms. The smallest absolute Gasteiger partial charge is 0.319 e. The summed E-state index contributed by atoms with van der Waals surface area (Å²) in [5.74, 6) is -0.842. The van der Waals surface area contributed by atoms with Crippen LogP contribution in [0.25, 0.3) is 32.9 Å². The number of aromatic nitrogens is 3. The monoisotopic (exact) mass is 593 g/mol. The van der Waals surface area contributed by atoms with Gasteiger partial charge in [0.05, 0.1) is 10.9 Å². The molecule has 42 heavy (non-hydrogen) atoms. The van der Waals surface area contributed by atoms with Crippen LogP contribution < -0.4 is 9.64 Å². The highest BCUT2D eigenvalue weighted by molar-refractivity contribution is 8.00. The third kappa shape index (κ3) is 4.26. The number of alkyl halides is 1. The van der Waals surface area contributed by atoms with Gasteiger partial charge in [0, 0.05) is 53.7 Å². The van der Waals surface area contributed by atoms with E-state index in [0.29, 0.717) is 40.1 Å². The number of pyridine rings is 1. The largest absolute Gasteiger partial charge is 0.508 e. The van der Waals surface area contributed by atoms with Crippen LogP contribution in [0.15, 0.2) is 36.5 Å². The van der Waals surface area contributed by atoms with Gasteiger partial charge in [-0.25, -0.2) is 13.2 Å². The van der Waals surface area contributed by atoms with Crippen LogP contribution in [0, 0.1) is 11.6 Å². The summed E-state index contributed by atoms with van der Waals surface area (Å²) in [5.41, 5.74) is -0.361. The lowest BCUT2D eigenvalue weighted by atomic mass is 9.95. The normalized spacial score (nSPS) is 27.3. The highest BCUT2D eigenvalue weighted by Crippen LogP contribution is 2.43. The van der Waals surface area contributed by atoms with Crippen LogP contribution in [0.1, 0.15) is 32.1 Å². The zero-order valence-corrected chi connectivity index (χ0v) is 23.7. The maximum absolute atomic E-state index is 16.6. The summed E-state index contributed by atoms with van der Waals surface area (Å²) in [6.45, 7) is 3.01.